The maximum absolute atomic E-state index is 12.4. The fourth-order valence-electron chi connectivity index (χ4n) is 4.95. The van der Waals surface area contributed by atoms with E-state index in [0.717, 1.165) is 25.1 Å². The molecule has 182 valence electrons. The Morgan fingerprint density at radius 2 is 1.62 bits per heavy atom. The topological polar surface area (TPSA) is 95.5 Å². The molecule has 1 atom stereocenters. The quantitative estimate of drug-likeness (QED) is 0.540. The van der Waals surface area contributed by atoms with Crippen LogP contribution in [0.4, 0.5) is 0 Å². The van der Waals surface area contributed by atoms with Crippen LogP contribution in [-0.4, -0.2) is 50.4 Å². The van der Waals surface area contributed by atoms with Gasteiger partial charge in [-0.15, -0.1) is 0 Å². The SMILES string of the molecule is CCC(C)(C)c1ccc([C@](O)(c2cncc(-c3noc(C(C)(C)O)n3)c2)C2(C)CN(C)C2)cc1. The molecule has 7 heteroatoms. The minimum atomic E-state index is -1.26. The number of benzene rings is 1. The molecular weight excluding hydrogens is 428 g/mol. The lowest BCUT2D eigenvalue weighted by Crippen LogP contribution is -2.63. The normalized spacial score (nSPS) is 18.4. The van der Waals surface area contributed by atoms with Gasteiger partial charge >= 0.3 is 0 Å². The zero-order chi connectivity index (χ0) is 24.9. The van der Waals surface area contributed by atoms with Crippen LogP contribution in [0.25, 0.3) is 11.4 Å². The molecule has 1 fully saturated rings. The van der Waals surface area contributed by atoms with Crippen LogP contribution in [0.1, 0.15) is 70.5 Å². The van der Waals surface area contributed by atoms with Gasteiger partial charge in [-0.2, -0.15) is 4.98 Å². The third kappa shape index (κ3) is 4.06. The molecule has 34 heavy (non-hydrogen) atoms. The van der Waals surface area contributed by atoms with Crippen molar-refractivity contribution in [2.75, 3.05) is 20.1 Å². The lowest BCUT2D eigenvalue weighted by molar-refractivity contribution is -0.127. The van der Waals surface area contributed by atoms with E-state index in [4.69, 9.17) is 4.52 Å². The summed E-state index contributed by atoms with van der Waals surface area (Å²) in [5, 5.41) is 26.7. The van der Waals surface area contributed by atoms with E-state index in [2.05, 4.69) is 66.9 Å². The molecule has 0 aliphatic carbocycles. The molecule has 0 amide bonds. The summed E-state index contributed by atoms with van der Waals surface area (Å²) < 4.78 is 5.25. The van der Waals surface area contributed by atoms with E-state index in [0.29, 0.717) is 17.0 Å². The fraction of sp³-hybridized carbons (Fsp3) is 0.519. The number of aliphatic hydroxyl groups is 2. The van der Waals surface area contributed by atoms with Gasteiger partial charge in [0.1, 0.15) is 11.2 Å². The third-order valence-corrected chi connectivity index (χ3v) is 7.44. The van der Waals surface area contributed by atoms with E-state index < -0.39 is 16.6 Å². The zero-order valence-corrected chi connectivity index (χ0v) is 21.3. The monoisotopic (exact) mass is 464 g/mol. The second-order valence-electron chi connectivity index (χ2n) is 11.2. The van der Waals surface area contributed by atoms with E-state index in [1.807, 2.05) is 18.2 Å². The van der Waals surface area contributed by atoms with Gasteiger partial charge in [-0.05, 0) is 49.9 Å². The highest BCUT2D eigenvalue weighted by Crippen LogP contribution is 2.50. The Kier molecular flexibility index (Phi) is 5.95. The van der Waals surface area contributed by atoms with Gasteiger partial charge in [0.15, 0.2) is 0 Å². The highest BCUT2D eigenvalue weighted by molar-refractivity contribution is 5.56. The summed E-state index contributed by atoms with van der Waals surface area (Å²) in [6.07, 6.45) is 4.39. The smallest absolute Gasteiger partial charge is 0.258 e. The average molecular weight is 465 g/mol. The zero-order valence-electron chi connectivity index (χ0n) is 21.3. The van der Waals surface area contributed by atoms with Crippen molar-refractivity contribution in [3.63, 3.8) is 0 Å². The number of pyridine rings is 1. The molecule has 0 spiro atoms. The van der Waals surface area contributed by atoms with Crippen molar-refractivity contribution in [3.8, 4) is 11.4 Å². The van der Waals surface area contributed by atoms with E-state index in [1.165, 1.54) is 5.56 Å². The van der Waals surface area contributed by atoms with Gasteiger partial charge in [-0.3, -0.25) is 4.98 Å². The molecule has 0 unspecified atom stereocenters. The van der Waals surface area contributed by atoms with Gasteiger partial charge in [-0.25, -0.2) is 0 Å². The summed E-state index contributed by atoms with van der Waals surface area (Å²) in [5.74, 6) is 0.453. The van der Waals surface area contributed by atoms with E-state index in [-0.39, 0.29) is 11.3 Å². The summed E-state index contributed by atoms with van der Waals surface area (Å²) in [7, 11) is 2.06. The van der Waals surface area contributed by atoms with E-state index in [9.17, 15) is 10.2 Å². The van der Waals surface area contributed by atoms with Gasteiger partial charge in [0.05, 0.1) is 0 Å². The van der Waals surface area contributed by atoms with Crippen molar-refractivity contribution in [1.82, 2.24) is 20.0 Å². The maximum Gasteiger partial charge on any atom is 0.258 e. The first kappa shape index (κ1) is 24.5. The number of hydrogen-bond donors (Lipinski definition) is 2. The molecule has 1 aromatic carbocycles. The average Bonchev–Trinajstić information content (AvgIpc) is 3.29. The highest BCUT2D eigenvalue weighted by atomic mass is 16.5. The highest BCUT2D eigenvalue weighted by Gasteiger charge is 2.55. The molecule has 1 saturated heterocycles. The van der Waals surface area contributed by atoms with Crippen LogP contribution in [0.15, 0.2) is 47.2 Å². The first-order valence-electron chi connectivity index (χ1n) is 11.8. The third-order valence-electron chi connectivity index (χ3n) is 7.44. The summed E-state index contributed by atoms with van der Waals surface area (Å²) in [6, 6.07) is 10.2. The molecule has 0 saturated carbocycles. The largest absolute Gasteiger partial charge is 0.381 e. The lowest BCUT2D eigenvalue weighted by atomic mass is 9.62. The van der Waals surface area contributed by atoms with Crippen molar-refractivity contribution in [3.05, 3.63) is 65.3 Å². The van der Waals surface area contributed by atoms with Crippen LogP contribution in [0, 0.1) is 5.41 Å². The van der Waals surface area contributed by atoms with Gasteiger partial charge in [0.2, 0.25) is 5.82 Å². The maximum atomic E-state index is 12.4. The van der Waals surface area contributed by atoms with Crippen molar-refractivity contribution >= 4 is 0 Å². The molecule has 3 aromatic rings. The Hall–Kier alpha value is -2.61. The van der Waals surface area contributed by atoms with Gasteiger partial charge in [-0.1, -0.05) is 57.1 Å². The van der Waals surface area contributed by atoms with E-state index >= 15 is 0 Å². The van der Waals surface area contributed by atoms with Crippen LogP contribution in [-0.2, 0) is 16.6 Å². The van der Waals surface area contributed by atoms with Crippen molar-refractivity contribution < 1.29 is 14.7 Å². The lowest BCUT2D eigenvalue weighted by Gasteiger charge is -2.56. The minimum absolute atomic E-state index is 0.0650. The molecule has 2 N–H and O–H groups in total. The Bertz CT molecular complexity index is 1160. The molecule has 4 rings (SSSR count). The number of aromatic nitrogens is 3. The summed E-state index contributed by atoms with van der Waals surface area (Å²) in [5.41, 5.74) is 0.537. The predicted octanol–water partition coefficient (Wildman–Crippen LogP) is 4.23. The van der Waals surface area contributed by atoms with Crippen molar-refractivity contribution in [2.45, 2.75) is 64.6 Å². The van der Waals surface area contributed by atoms with Gasteiger partial charge in [0.25, 0.3) is 5.89 Å². The first-order valence-corrected chi connectivity index (χ1v) is 11.8. The predicted molar refractivity (Wildman–Crippen MR) is 131 cm³/mol. The second-order valence-corrected chi connectivity index (χ2v) is 11.2. The van der Waals surface area contributed by atoms with Crippen LogP contribution in [0.3, 0.4) is 0 Å². The molecule has 0 bridgehead atoms. The Labute approximate surface area is 201 Å². The first-order chi connectivity index (χ1) is 15.8. The fourth-order valence-corrected chi connectivity index (χ4v) is 4.95. The van der Waals surface area contributed by atoms with Crippen molar-refractivity contribution in [2.24, 2.45) is 5.41 Å². The number of hydrogen-bond acceptors (Lipinski definition) is 7. The van der Waals surface area contributed by atoms with Gasteiger partial charge in [0, 0.05) is 42.0 Å². The molecule has 2 aromatic heterocycles. The Morgan fingerprint density at radius 3 is 2.15 bits per heavy atom. The molecule has 3 heterocycles. The Balaban J connectivity index is 1.80. The minimum Gasteiger partial charge on any atom is -0.381 e. The van der Waals surface area contributed by atoms with Crippen LogP contribution in [0.5, 0.6) is 0 Å². The number of rotatable bonds is 7. The molecule has 1 aliphatic heterocycles. The second kappa shape index (κ2) is 8.26. The standard InChI is InChI=1S/C27H36N4O3/c1-8-24(2,3)19-9-11-20(12-10-19)27(33,26(6)16-31(7)17-26)21-13-18(14-28-15-21)22-29-23(34-30-22)25(4,5)32/h9-15,32-33H,8,16-17H2,1-7H3/t27-/m0/s1. The summed E-state index contributed by atoms with van der Waals surface area (Å²) >= 11 is 0. The number of nitrogens with zero attached hydrogens (tertiary/aromatic N) is 4. The number of likely N-dealkylation sites (tertiary alicyclic amines) is 1. The van der Waals surface area contributed by atoms with Gasteiger partial charge < -0.3 is 19.6 Å². The molecular formula is C27H36N4O3. The van der Waals surface area contributed by atoms with Crippen LogP contribution < -0.4 is 0 Å². The van der Waals surface area contributed by atoms with Crippen LogP contribution in [0.2, 0.25) is 0 Å². The van der Waals surface area contributed by atoms with E-state index in [1.54, 1.807) is 26.2 Å². The molecule has 7 nitrogen and oxygen atoms in total. The summed E-state index contributed by atoms with van der Waals surface area (Å²) in [4.78, 5) is 11.0. The Morgan fingerprint density at radius 1 is 1.00 bits per heavy atom. The molecule has 1 aliphatic rings. The summed E-state index contributed by atoms with van der Waals surface area (Å²) in [6.45, 7) is 13.5. The molecule has 0 radical (unpaired) electrons. The van der Waals surface area contributed by atoms with Crippen molar-refractivity contribution in [1.29, 1.82) is 0 Å². The van der Waals surface area contributed by atoms with Crippen LogP contribution >= 0.6 is 0 Å².